The topological polar surface area (TPSA) is 61.4 Å². The van der Waals surface area contributed by atoms with Crippen LogP contribution in [0.15, 0.2) is 9.59 Å². The van der Waals surface area contributed by atoms with E-state index in [0.717, 1.165) is 25.4 Å². The van der Waals surface area contributed by atoms with Gasteiger partial charge >= 0.3 is 0 Å². The monoisotopic (exact) mass is 604 g/mol. The Bertz CT molecular complexity index is 803. The van der Waals surface area contributed by atoms with Gasteiger partial charge in [0.15, 0.2) is 0 Å². The third-order valence-electron chi connectivity index (χ3n) is 9.46. The van der Waals surface area contributed by atoms with E-state index in [1.54, 1.807) is 7.05 Å². The Labute approximate surface area is 267 Å². The summed E-state index contributed by atoms with van der Waals surface area (Å²) in [5.41, 5.74) is 0.151. The molecule has 0 unspecified atom stereocenters. The second kappa shape index (κ2) is 28.1. The van der Waals surface area contributed by atoms with E-state index in [2.05, 4.69) is 36.3 Å². The molecule has 252 valence electrons. The number of nitrogens with zero attached hydrogens (tertiary/aromatic N) is 1. The van der Waals surface area contributed by atoms with Crippen LogP contribution in [0.25, 0.3) is 0 Å². The van der Waals surface area contributed by atoms with Crippen LogP contribution >= 0.6 is 0 Å². The molecule has 0 fully saturated rings. The fourth-order valence-corrected chi connectivity index (χ4v) is 6.57. The smallest absolute Gasteiger partial charge is 0.253 e. The summed E-state index contributed by atoms with van der Waals surface area (Å²) in [6.45, 7) is 11.1. The van der Waals surface area contributed by atoms with Crippen LogP contribution in [0.3, 0.4) is 0 Å². The Balaban J connectivity index is 2.32. The predicted octanol–water partition coefficient (Wildman–Crippen LogP) is 10.5. The van der Waals surface area contributed by atoms with Gasteiger partial charge in [0.2, 0.25) is 0 Å². The zero-order valence-electron chi connectivity index (χ0n) is 29.3. The van der Waals surface area contributed by atoms with Crippen LogP contribution in [-0.2, 0) is 0 Å². The second-order valence-corrected chi connectivity index (χ2v) is 13.4. The van der Waals surface area contributed by atoms with Crippen molar-refractivity contribution in [3.63, 3.8) is 0 Å². The standard InChI is InChI=1S/C38H73N3O2/c1-5-8-11-14-19-24-31-41(33-26-30-40-36-35(39-4)37(42)38(36)43)32-25-20-15-18-23-29-34(27-21-16-12-9-6-2)28-22-17-13-10-7-3/h34,39-40H,5-33H2,1-4H3. The highest BCUT2D eigenvalue weighted by atomic mass is 16.2. The zero-order valence-corrected chi connectivity index (χ0v) is 29.3. The highest BCUT2D eigenvalue weighted by Gasteiger charge is 2.18. The zero-order chi connectivity index (χ0) is 31.4. The van der Waals surface area contributed by atoms with Crippen molar-refractivity contribution in [2.45, 2.75) is 181 Å². The summed E-state index contributed by atoms with van der Waals surface area (Å²) in [5, 5.41) is 6.06. The normalized spacial score (nSPS) is 11.8. The van der Waals surface area contributed by atoms with E-state index in [9.17, 15) is 9.59 Å². The molecule has 0 radical (unpaired) electrons. The number of rotatable bonds is 33. The molecule has 0 aliphatic rings. The molecule has 0 bridgehead atoms. The van der Waals surface area contributed by atoms with E-state index in [1.165, 1.54) is 167 Å². The van der Waals surface area contributed by atoms with Crippen molar-refractivity contribution in [2.24, 2.45) is 5.92 Å². The van der Waals surface area contributed by atoms with Crippen molar-refractivity contribution in [1.82, 2.24) is 4.90 Å². The first kappa shape index (κ1) is 39.7. The van der Waals surface area contributed by atoms with Gasteiger partial charge in [-0.2, -0.15) is 0 Å². The maximum Gasteiger partial charge on any atom is 0.253 e. The third-order valence-corrected chi connectivity index (χ3v) is 9.46. The minimum atomic E-state index is -0.393. The lowest BCUT2D eigenvalue weighted by atomic mass is 9.89. The number of unbranched alkanes of at least 4 members (excludes halogenated alkanes) is 17. The van der Waals surface area contributed by atoms with Crippen molar-refractivity contribution in [3.8, 4) is 0 Å². The van der Waals surface area contributed by atoms with Crippen molar-refractivity contribution in [1.29, 1.82) is 0 Å². The molecule has 0 aliphatic heterocycles. The summed E-state index contributed by atoms with van der Waals surface area (Å²) in [6.07, 6.45) is 34.4. The Morgan fingerprint density at radius 1 is 0.488 bits per heavy atom. The van der Waals surface area contributed by atoms with Gasteiger partial charge in [0.05, 0.1) is 0 Å². The van der Waals surface area contributed by atoms with Crippen LogP contribution in [0.2, 0.25) is 0 Å². The van der Waals surface area contributed by atoms with Crippen LogP contribution < -0.4 is 21.5 Å². The lowest BCUT2D eigenvalue weighted by molar-refractivity contribution is 0.259. The molecule has 0 saturated heterocycles. The lowest BCUT2D eigenvalue weighted by Gasteiger charge is -2.23. The first-order valence-electron chi connectivity index (χ1n) is 19.1. The van der Waals surface area contributed by atoms with Crippen molar-refractivity contribution < 1.29 is 0 Å². The van der Waals surface area contributed by atoms with Gasteiger partial charge in [-0.15, -0.1) is 0 Å². The largest absolute Gasteiger partial charge is 0.383 e. The maximum absolute atomic E-state index is 11.8. The molecule has 0 amide bonds. The molecular formula is C38H73N3O2. The van der Waals surface area contributed by atoms with Crippen LogP contribution in [0.5, 0.6) is 0 Å². The van der Waals surface area contributed by atoms with E-state index in [4.69, 9.17) is 0 Å². The molecule has 2 N–H and O–H groups in total. The Morgan fingerprint density at radius 3 is 1.30 bits per heavy atom. The Kier molecular flexibility index (Phi) is 26.0. The molecule has 0 spiro atoms. The fraction of sp³-hybridized carbons (Fsp3) is 0.895. The fourth-order valence-electron chi connectivity index (χ4n) is 6.57. The third kappa shape index (κ3) is 19.6. The van der Waals surface area contributed by atoms with Crippen molar-refractivity contribution >= 4 is 11.4 Å². The summed E-state index contributed by atoms with van der Waals surface area (Å²) in [7, 11) is 1.70. The highest BCUT2D eigenvalue weighted by Crippen LogP contribution is 2.24. The summed E-state index contributed by atoms with van der Waals surface area (Å²) in [6, 6.07) is 0. The van der Waals surface area contributed by atoms with Gasteiger partial charge in [-0.05, 0) is 44.8 Å². The molecule has 1 aromatic rings. The average molecular weight is 604 g/mol. The van der Waals surface area contributed by atoms with Crippen LogP contribution in [0.4, 0.5) is 11.4 Å². The minimum absolute atomic E-state index is 0.376. The molecule has 1 aromatic carbocycles. The number of hydrogen-bond donors (Lipinski definition) is 2. The number of nitrogens with one attached hydrogen (secondary N) is 2. The van der Waals surface area contributed by atoms with Gasteiger partial charge < -0.3 is 15.5 Å². The summed E-state index contributed by atoms with van der Waals surface area (Å²) < 4.78 is 0. The molecule has 0 aromatic heterocycles. The van der Waals surface area contributed by atoms with Gasteiger partial charge in [-0.1, -0.05) is 162 Å². The molecule has 5 nitrogen and oxygen atoms in total. The molecule has 0 saturated carbocycles. The summed E-state index contributed by atoms with van der Waals surface area (Å²) >= 11 is 0. The number of anilines is 2. The van der Waals surface area contributed by atoms with E-state index in [0.29, 0.717) is 11.4 Å². The van der Waals surface area contributed by atoms with Crippen LogP contribution in [-0.4, -0.2) is 38.1 Å². The SMILES string of the molecule is CCCCCCCCN(CCCCCCCC(CCCCCCC)CCCCCCC)CCCNc1c(NC)c(=O)c1=O. The van der Waals surface area contributed by atoms with E-state index in [-0.39, 0.29) is 5.43 Å². The van der Waals surface area contributed by atoms with Gasteiger partial charge in [0, 0.05) is 13.6 Å². The molecular weight excluding hydrogens is 530 g/mol. The Morgan fingerprint density at radius 2 is 0.860 bits per heavy atom. The molecule has 1 rings (SSSR count). The van der Waals surface area contributed by atoms with Crippen LogP contribution in [0.1, 0.15) is 181 Å². The molecule has 43 heavy (non-hydrogen) atoms. The maximum atomic E-state index is 11.8. The van der Waals surface area contributed by atoms with Gasteiger partial charge in [-0.25, -0.2) is 0 Å². The predicted molar refractivity (Wildman–Crippen MR) is 192 cm³/mol. The molecule has 5 heteroatoms. The Hall–Kier alpha value is -1.36. The van der Waals surface area contributed by atoms with E-state index < -0.39 is 5.43 Å². The van der Waals surface area contributed by atoms with E-state index in [1.807, 2.05) is 0 Å². The molecule has 0 aliphatic carbocycles. The quantitative estimate of drug-likeness (QED) is 0.0618. The highest BCUT2D eigenvalue weighted by molar-refractivity contribution is 5.73. The number of hydrogen-bond acceptors (Lipinski definition) is 5. The first-order chi connectivity index (χ1) is 21.1. The van der Waals surface area contributed by atoms with Crippen LogP contribution in [0, 0.1) is 5.92 Å². The molecule has 0 heterocycles. The second-order valence-electron chi connectivity index (χ2n) is 13.4. The first-order valence-corrected chi connectivity index (χ1v) is 19.1. The van der Waals surface area contributed by atoms with Gasteiger partial charge in [-0.3, -0.25) is 9.59 Å². The minimum Gasteiger partial charge on any atom is -0.383 e. The molecule has 0 atom stereocenters. The average Bonchev–Trinajstić information content (AvgIpc) is 3.02. The van der Waals surface area contributed by atoms with Gasteiger partial charge in [0.1, 0.15) is 11.4 Å². The summed E-state index contributed by atoms with van der Waals surface area (Å²) in [4.78, 5) is 26.1. The van der Waals surface area contributed by atoms with Crippen molar-refractivity contribution in [3.05, 3.63) is 20.4 Å². The summed E-state index contributed by atoms with van der Waals surface area (Å²) in [5.74, 6) is 0.970. The van der Waals surface area contributed by atoms with E-state index >= 15 is 0 Å². The van der Waals surface area contributed by atoms with Crippen molar-refractivity contribution in [2.75, 3.05) is 43.9 Å². The van der Waals surface area contributed by atoms with Gasteiger partial charge in [0.25, 0.3) is 10.9 Å². The lowest BCUT2D eigenvalue weighted by Crippen LogP contribution is -2.37.